The summed E-state index contributed by atoms with van der Waals surface area (Å²) in [6, 6.07) is 10.4. The van der Waals surface area contributed by atoms with E-state index < -0.39 is 6.10 Å². The van der Waals surface area contributed by atoms with Crippen LogP contribution >= 0.6 is 0 Å². The van der Waals surface area contributed by atoms with Gasteiger partial charge in [-0.25, -0.2) is 0 Å². The first-order valence-electron chi connectivity index (χ1n) is 13.1. The standard InChI is InChI=1S/C28H43NO2/c1-27-16-7-6-8-20(27)11-12-23-24-13-14-26(28(24,2)17-15-25(23)27)29-18-21(30)19-31-22-9-4-3-5-10-22/h3-5,9-10,20-21,23-26,29-30H,6-8,11-19H2,1-2H3/t20-,21+,23-,24-,25-,26-,27+,28+/m1/s1. The van der Waals surface area contributed by atoms with Crippen molar-refractivity contribution in [2.75, 3.05) is 13.2 Å². The Morgan fingerprint density at radius 2 is 1.74 bits per heavy atom. The van der Waals surface area contributed by atoms with E-state index in [4.69, 9.17) is 4.74 Å². The third-order valence-corrected chi connectivity index (χ3v) is 10.4. The van der Waals surface area contributed by atoms with Gasteiger partial charge < -0.3 is 15.2 Å². The number of aliphatic hydroxyl groups excluding tert-OH is 1. The van der Waals surface area contributed by atoms with Gasteiger partial charge >= 0.3 is 0 Å². The van der Waals surface area contributed by atoms with Gasteiger partial charge in [0.2, 0.25) is 0 Å². The number of ether oxygens (including phenoxy) is 1. The zero-order chi connectivity index (χ0) is 21.5. The molecule has 8 atom stereocenters. The molecule has 3 heteroatoms. The summed E-state index contributed by atoms with van der Waals surface area (Å²) in [7, 11) is 0. The Hall–Kier alpha value is -1.06. The molecule has 4 aliphatic carbocycles. The van der Waals surface area contributed by atoms with E-state index in [0.29, 0.717) is 30.0 Å². The molecule has 0 unspecified atom stereocenters. The summed E-state index contributed by atoms with van der Waals surface area (Å²) >= 11 is 0. The van der Waals surface area contributed by atoms with Gasteiger partial charge in [0.05, 0.1) is 0 Å². The van der Waals surface area contributed by atoms with E-state index in [2.05, 4.69) is 19.2 Å². The van der Waals surface area contributed by atoms with Crippen molar-refractivity contribution < 1.29 is 9.84 Å². The molecule has 5 rings (SSSR count). The van der Waals surface area contributed by atoms with Crippen LogP contribution in [0.25, 0.3) is 0 Å². The van der Waals surface area contributed by atoms with Gasteiger partial charge in [-0.3, -0.25) is 0 Å². The highest BCUT2D eigenvalue weighted by molar-refractivity contribution is 5.21. The summed E-state index contributed by atoms with van der Waals surface area (Å²) in [4.78, 5) is 0. The molecular weight excluding hydrogens is 382 g/mol. The number of para-hydroxylation sites is 1. The highest BCUT2D eigenvalue weighted by Gasteiger charge is 2.59. The Morgan fingerprint density at radius 3 is 2.58 bits per heavy atom. The monoisotopic (exact) mass is 425 g/mol. The second kappa shape index (κ2) is 8.71. The summed E-state index contributed by atoms with van der Waals surface area (Å²) in [5.41, 5.74) is 1.03. The van der Waals surface area contributed by atoms with Crippen LogP contribution in [0.4, 0.5) is 0 Å². The fraction of sp³-hybridized carbons (Fsp3) is 0.786. The van der Waals surface area contributed by atoms with Crippen molar-refractivity contribution in [3.05, 3.63) is 30.3 Å². The molecule has 4 saturated carbocycles. The molecule has 172 valence electrons. The summed E-state index contributed by atoms with van der Waals surface area (Å²) in [6.07, 6.45) is 13.9. The minimum Gasteiger partial charge on any atom is -0.491 e. The topological polar surface area (TPSA) is 41.5 Å². The minimum atomic E-state index is -0.462. The zero-order valence-electron chi connectivity index (χ0n) is 19.7. The molecule has 0 heterocycles. The lowest BCUT2D eigenvalue weighted by Crippen LogP contribution is -2.55. The lowest BCUT2D eigenvalue weighted by atomic mass is 9.45. The van der Waals surface area contributed by atoms with Crippen molar-refractivity contribution in [2.24, 2.45) is 34.5 Å². The first-order chi connectivity index (χ1) is 15.0. The van der Waals surface area contributed by atoms with Crippen molar-refractivity contribution in [1.82, 2.24) is 5.32 Å². The van der Waals surface area contributed by atoms with Gasteiger partial charge in [-0.15, -0.1) is 0 Å². The van der Waals surface area contributed by atoms with Gasteiger partial charge in [0, 0.05) is 12.6 Å². The Labute approximate surface area is 189 Å². The number of nitrogens with one attached hydrogen (secondary N) is 1. The predicted octanol–water partition coefficient (Wildman–Crippen LogP) is 5.82. The SMILES string of the molecule is C[C@]12CCCC[C@@H]1CC[C@H]1[C@H]2CC[C@@]2(C)[C@@H]1CC[C@H]2NC[C@H](O)COc1ccccc1. The van der Waals surface area contributed by atoms with Crippen LogP contribution in [0.15, 0.2) is 30.3 Å². The smallest absolute Gasteiger partial charge is 0.119 e. The van der Waals surface area contributed by atoms with Gasteiger partial charge in [0.15, 0.2) is 0 Å². The molecule has 2 N–H and O–H groups in total. The number of benzene rings is 1. The van der Waals surface area contributed by atoms with Gasteiger partial charge in [0.1, 0.15) is 18.5 Å². The average Bonchev–Trinajstić information content (AvgIpc) is 3.13. The number of fused-ring (bicyclic) bond motifs is 5. The molecule has 4 aliphatic rings. The summed E-state index contributed by atoms with van der Waals surface area (Å²) in [5, 5.41) is 14.3. The van der Waals surface area contributed by atoms with Crippen molar-refractivity contribution >= 4 is 0 Å². The van der Waals surface area contributed by atoms with Crippen LogP contribution < -0.4 is 10.1 Å². The number of aliphatic hydroxyl groups is 1. The van der Waals surface area contributed by atoms with Gasteiger partial charge in [-0.2, -0.15) is 0 Å². The summed E-state index contributed by atoms with van der Waals surface area (Å²) < 4.78 is 5.76. The molecule has 0 aromatic heterocycles. The van der Waals surface area contributed by atoms with E-state index in [0.717, 1.165) is 29.4 Å². The second-order valence-corrected chi connectivity index (χ2v) is 11.8. The lowest BCUT2D eigenvalue weighted by molar-refractivity contribution is -0.107. The van der Waals surface area contributed by atoms with Crippen LogP contribution in [0.1, 0.15) is 78.1 Å². The maximum atomic E-state index is 10.5. The molecule has 1 aromatic carbocycles. The molecule has 0 radical (unpaired) electrons. The van der Waals surface area contributed by atoms with Gasteiger partial charge in [-0.05, 0) is 98.0 Å². The Balaban J connectivity index is 1.18. The highest BCUT2D eigenvalue weighted by Crippen LogP contribution is 2.66. The Kier molecular flexibility index (Phi) is 6.11. The van der Waals surface area contributed by atoms with E-state index in [1.807, 2.05) is 30.3 Å². The van der Waals surface area contributed by atoms with Crippen LogP contribution in [-0.2, 0) is 0 Å². The quantitative estimate of drug-likeness (QED) is 0.604. The van der Waals surface area contributed by atoms with E-state index in [1.165, 1.54) is 64.2 Å². The van der Waals surface area contributed by atoms with E-state index >= 15 is 0 Å². The van der Waals surface area contributed by atoms with E-state index in [-0.39, 0.29) is 0 Å². The molecule has 0 spiro atoms. The first kappa shape index (κ1) is 21.8. The van der Waals surface area contributed by atoms with E-state index in [9.17, 15) is 5.11 Å². The van der Waals surface area contributed by atoms with Crippen LogP contribution in [0.3, 0.4) is 0 Å². The molecule has 0 saturated heterocycles. The molecule has 1 aromatic rings. The molecule has 4 fully saturated rings. The maximum absolute atomic E-state index is 10.5. The normalized spacial score (nSPS) is 42.9. The number of rotatable bonds is 6. The lowest BCUT2D eigenvalue weighted by Gasteiger charge is -2.60. The third-order valence-electron chi connectivity index (χ3n) is 10.4. The minimum absolute atomic E-state index is 0.355. The van der Waals surface area contributed by atoms with Crippen molar-refractivity contribution in [3.63, 3.8) is 0 Å². The number of hydrogen-bond donors (Lipinski definition) is 2. The first-order valence-corrected chi connectivity index (χ1v) is 13.1. The molecular formula is C28H43NO2. The van der Waals surface area contributed by atoms with Crippen LogP contribution in [0, 0.1) is 34.5 Å². The predicted molar refractivity (Wildman–Crippen MR) is 126 cm³/mol. The maximum Gasteiger partial charge on any atom is 0.119 e. The summed E-state index contributed by atoms with van der Waals surface area (Å²) in [6.45, 7) is 6.23. The van der Waals surface area contributed by atoms with Crippen molar-refractivity contribution in [1.29, 1.82) is 0 Å². The van der Waals surface area contributed by atoms with Crippen LogP contribution in [0.5, 0.6) is 5.75 Å². The van der Waals surface area contributed by atoms with Crippen LogP contribution in [-0.4, -0.2) is 30.4 Å². The Bertz CT molecular complexity index is 738. The molecule has 3 nitrogen and oxygen atoms in total. The number of hydrogen-bond acceptors (Lipinski definition) is 3. The Morgan fingerprint density at radius 1 is 0.935 bits per heavy atom. The van der Waals surface area contributed by atoms with Crippen molar-refractivity contribution in [2.45, 2.75) is 90.2 Å². The highest BCUT2D eigenvalue weighted by atomic mass is 16.5. The summed E-state index contributed by atoms with van der Waals surface area (Å²) in [5.74, 6) is 4.62. The second-order valence-electron chi connectivity index (χ2n) is 11.8. The van der Waals surface area contributed by atoms with E-state index in [1.54, 1.807) is 0 Å². The molecule has 31 heavy (non-hydrogen) atoms. The largest absolute Gasteiger partial charge is 0.491 e. The molecule has 0 aliphatic heterocycles. The third kappa shape index (κ3) is 3.95. The average molecular weight is 426 g/mol. The van der Waals surface area contributed by atoms with Gasteiger partial charge in [-0.1, -0.05) is 44.9 Å². The zero-order valence-corrected chi connectivity index (χ0v) is 19.7. The fourth-order valence-electron chi connectivity index (χ4n) is 8.68. The van der Waals surface area contributed by atoms with Crippen molar-refractivity contribution in [3.8, 4) is 5.75 Å². The van der Waals surface area contributed by atoms with Crippen LogP contribution in [0.2, 0.25) is 0 Å². The molecule has 0 bridgehead atoms. The van der Waals surface area contributed by atoms with Gasteiger partial charge in [0.25, 0.3) is 0 Å². The fourth-order valence-corrected chi connectivity index (χ4v) is 8.68. The molecule has 0 amide bonds.